The minimum absolute atomic E-state index is 0.0866. The monoisotopic (exact) mass is 252 g/mol. The highest BCUT2D eigenvalue weighted by Gasteiger charge is 2.28. The third kappa shape index (κ3) is 2.65. The Balaban J connectivity index is 2.33. The van der Waals surface area contributed by atoms with Gasteiger partial charge in [0, 0.05) is 13.1 Å². The predicted molar refractivity (Wildman–Crippen MR) is 67.1 cm³/mol. The first-order chi connectivity index (χ1) is 8.65. The van der Waals surface area contributed by atoms with E-state index in [0.717, 1.165) is 6.54 Å². The second-order valence-corrected chi connectivity index (χ2v) is 4.29. The van der Waals surface area contributed by atoms with Crippen molar-refractivity contribution in [3.8, 4) is 0 Å². The predicted octanol–water partition coefficient (Wildman–Crippen LogP) is 0.907. The lowest BCUT2D eigenvalue weighted by Gasteiger charge is -2.21. The van der Waals surface area contributed by atoms with Crippen LogP contribution in [0.2, 0.25) is 0 Å². The van der Waals surface area contributed by atoms with Gasteiger partial charge in [-0.2, -0.15) is 4.98 Å². The lowest BCUT2D eigenvalue weighted by Crippen LogP contribution is -2.27. The number of nitrogens with zero attached hydrogens (tertiary/aromatic N) is 4. The summed E-state index contributed by atoms with van der Waals surface area (Å²) in [6, 6.07) is 0. The molecule has 0 aromatic carbocycles. The summed E-state index contributed by atoms with van der Waals surface area (Å²) in [6.45, 7) is 3.40. The largest absolute Gasteiger partial charge is 0.351 e. The number of hydrogen-bond donors (Lipinski definition) is 2. The molecule has 1 aliphatic rings. The van der Waals surface area contributed by atoms with Crippen molar-refractivity contribution in [3.63, 3.8) is 0 Å². The Morgan fingerprint density at radius 2 is 2.39 bits per heavy atom. The van der Waals surface area contributed by atoms with Crippen LogP contribution in [0.5, 0.6) is 0 Å². The molecule has 1 aliphatic carbocycles. The van der Waals surface area contributed by atoms with E-state index in [9.17, 15) is 10.1 Å². The molecule has 0 atom stereocenters. The van der Waals surface area contributed by atoms with E-state index in [2.05, 4.69) is 15.4 Å². The molecule has 1 heterocycles. The SMILES string of the molecule is CCN(CC1CC1)c1nc(NN)ncc1[N+](=O)[O-]. The van der Waals surface area contributed by atoms with Gasteiger partial charge in [-0.15, -0.1) is 0 Å². The molecule has 98 valence electrons. The molecule has 8 heteroatoms. The molecule has 0 aliphatic heterocycles. The number of nitrogens with one attached hydrogen (secondary N) is 1. The lowest BCUT2D eigenvalue weighted by atomic mass is 10.3. The Labute approximate surface area is 104 Å². The Bertz CT molecular complexity index is 448. The zero-order chi connectivity index (χ0) is 13.1. The number of anilines is 2. The third-order valence-electron chi connectivity index (χ3n) is 2.93. The molecule has 1 aromatic heterocycles. The standard InChI is InChI=1S/C10H16N6O2/c1-2-15(6-7-3-4-7)9-8(16(17)18)5-12-10(13-9)14-11/h5,7H,2-4,6,11H2,1H3,(H,12,13,14). The minimum Gasteiger partial charge on any atom is -0.351 e. The van der Waals surface area contributed by atoms with Gasteiger partial charge < -0.3 is 4.90 Å². The molecule has 3 N–H and O–H groups in total. The molecule has 1 fully saturated rings. The highest BCUT2D eigenvalue weighted by atomic mass is 16.6. The first kappa shape index (κ1) is 12.5. The summed E-state index contributed by atoms with van der Waals surface area (Å²) in [5, 5.41) is 11.0. The molecular weight excluding hydrogens is 236 g/mol. The summed E-state index contributed by atoms with van der Waals surface area (Å²) in [5.74, 6) is 6.37. The summed E-state index contributed by atoms with van der Waals surface area (Å²) in [5.41, 5.74) is 2.22. The second kappa shape index (κ2) is 5.13. The van der Waals surface area contributed by atoms with Gasteiger partial charge >= 0.3 is 5.69 Å². The molecule has 0 bridgehead atoms. The van der Waals surface area contributed by atoms with Crippen molar-refractivity contribution in [2.75, 3.05) is 23.4 Å². The van der Waals surface area contributed by atoms with Crippen LogP contribution in [0.15, 0.2) is 6.20 Å². The average molecular weight is 252 g/mol. The maximum absolute atomic E-state index is 11.0. The molecular formula is C10H16N6O2. The van der Waals surface area contributed by atoms with Gasteiger partial charge in [0.2, 0.25) is 11.8 Å². The molecule has 1 saturated carbocycles. The average Bonchev–Trinajstić information content (AvgIpc) is 3.19. The maximum atomic E-state index is 11.0. The minimum atomic E-state index is -0.467. The van der Waals surface area contributed by atoms with Crippen LogP contribution in [0.1, 0.15) is 19.8 Å². The van der Waals surface area contributed by atoms with Crippen LogP contribution < -0.4 is 16.2 Å². The first-order valence-corrected chi connectivity index (χ1v) is 5.88. The van der Waals surface area contributed by atoms with Crippen molar-refractivity contribution >= 4 is 17.5 Å². The highest BCUT2D eigenvalue weighted by Crippen LogP contribution is 2.33. The molecule has 18 heavy (non-hydrogen) atoms. The van der Waals surface area contributed by atoms with Gasteiger partial charge in [-0.25, -0.2) is 10.8 Å². The summed E-state index contributed by atoms with van der Waals surface area (Å²) in [7, 11) is 0. The highest BCUT2D eigenvalue weighted by molar-refractivity contribution is 5.58. The van der Waals surface area contributed by atoms with Gasteiger partial charge in [-0.3, -0.25) is 15.5 Å². The molecule has 0 spiro atoms. The van der Waals surface area contributed by atoms with Crippen LogP contribution in [-0.4, -0.2) is 28.0 Å². The number of nitrogen functional groups attached to an aromatic ring is 1. The van der Waals surface area contributed by atoms with E-state index in [-0.39, 0.29) is 11.6 Å². The fourth-order valence-electron chi connectivity index (χ4n) is 1.77. The van der Waals surface area contributed by atoms with E-state index in [0.29, 0.717) is 18.3 Å². The summed E-state index contributed by atoms with van der Waals surface area (Å²) < 4.78 is 0. The van der Waals surface area contributed by atoms with Gasteiger partial charge in [0.1, 0.15) is 6.20 Å². The van der Waals surface area contributed by atoms with Crippen LogP contribution in [0.3, 0.4) is 0 Å². The van der Waals surface area contributed by atoms with Crippen LogP contribution in [-0.2, 0) is 0 Å². The van der Waals surface area contributed by atoms with Crippen LogP contribution in [0, 0.1) is 16.0 Å². The Kier molecular flexibility index (Phi) is 3.56. The Hall–Kier alpha value is -1.96. The Morgan fingerprint density at radius 3 is 2.89 bits per heavy atom. The molecule has 0 radical (unpaired) electrons. The van der Waals surface area contributed by atoms with Gasteiger partial charge in [-0.05, 0) is 25.7 Å². The molecule has 2 rings (SSSR count). The number of nitro groups is 1. The third-order valence-corrected chi connectivity index (χ3v) is 2.93. The van der Waals surface area contributed by atoms with Crippen molar-refractivity contribution in [3.05, 3.63) is 16.3 Å². The molecule has 1 aromatic rings. The van der Waals surface area contributed by atoms with E-state index in [4.69, 9.17) is 5.84 Å². The van der Waals surface area contributed by atoms with Crippen LogP contribution >= 0.6 is 0 Å². The van der Waals surface area contributed by atoms with Crippen molar-refractivity contribution in [2.24, 2.45) is 11.8 Å². The smallest absolute Gasteiger partial charge is 0.329 e. The van der Waals surface area contributed by atoms with Crippen molar-refractivity contribution in [1.82, 2.24) is 9.97 Å². The van der Waals surface area contributed by atoms with E-state index in [1.54, 1.807) is 0 Å². The maximum Gasteiger partial charge on any atom is 0.329 e. The zero-order valence-corrected chi connectivity index (χ0v) is 10.2. The normalized spacial score (nSPS) is 14.3. The van der Waals surface area contributed by atoms with Crippen LogP contribution in [0.25, 0.3) is 0 Å². The fraction of sp³-hybridized carbons (Fsp3) is 0.600. The molecule has 0 amide bonds. The quantitative estimate of drug-likeness (QED) is 0.439. The van der Waals surface area contributed by atoms with E-state index >= 15 is 0 Å². The topological polar surface area (TPSA) is 110 Å². The van der Waals surface area contributed by atoms with E-state index in [1.165, 1.54) is 19.0 Å². The summed E-state index contributed by atoms with van der Waals surface area (Å²) in [6.07, 6.45) is 3.54. The fourth-order valence-corrected chi connectivity index (χ4v) is 1.77. The number of hydrazine groups is 1. The van der Waals surface area contributed by atoms with E-state index < -0.39 is 4.92 Å². The Morgan fingerprint density at radius 1 is 1.67 bits per heavy atom. The zero-order valence-electron chi connectivity index (χ0n) is 10.2. The number of aromatic nitrogens is 2. The van der Waals surface area contributed by atoms with Crippen LogP contribution in [0.4, 0.5) is 17.5 Å². The van der Waals surface area contributed by atoms with Crippen molar-refractivity contribution in [1.29, 1.82) is 0 Å². The first-order valence-electron chi connectivity index (χ1n) is 5.88. The molecule has 0 unspecified atom stereocenters. The second-order valence-electron chi connectivity index (χ2n) is 4.29. The molecule has 8 nitrogen and oxygen atoms in total. The van der Waals surface area contributed by atoms with Crippen molar-refractivity contribution in [2.45, 2.75) is 19.8 Å². The number of hydrogen-bond acceptors (Lipinski definition) is 7. The van der Waals surface area contributed by atoms with Crippen molar-refractivity contribution < 1.29 is 4.92 Å². The van der Waals surface area contributed by atoms with Gasteiger partial charge in [-0.1, -0.05) is 0 Å². The van der Waals surface area contributed by atoms with Gasteiger partial charge in [0.15, 0.2) is 0 Å². The van der Waals surface area contributed by atoms with Gasteiger partial charge in [0.05, 0.1) is 4.92 Å². The van der Waals surface area contributed by atoms with Gasteiger partial charge in [0.25, 0.3) is 0 Å². The summed E-state index contributed by atoms with van der Waals surface area (Å²) >= 11 is 0. The lowest BCUT2D eigenvalue weighted by molar-refractivity contribution is -0.384. The summed E-state index contributed by atoms with van der Waals surface area (Å²) in [4.78, 5) is 20.3. The molecule has 0 saturated heterocycles. The van der Waals surface area contributed by atoms with E-state index in [1.807, 2.05) is 11.8 Å². The number of nitrogens with two attached hydrogens (primary N) is 1. The number of rotatable bonds is 6.